The Morgan fingerprint density at radius 1 is 1.18 bits per heavy atom. The van der Waals surface area contributed by atoms with E-state index >= 15 is 0 Å². The summed E-state index contributed by atoms with van der Waals surface area (Å²) in [6.45, 7) is 5.63. The van der Waals surface area contributed by atoms with E-state index in [1.165, 1.54) is 0 Å². The van der Waals surface area contributed by atoms with Crippen molar-refractivity contribution in [3.8, 4) is 0 Å². The largest absolute Gasteiger partial charge is 0.449 e. The van der Waals surface area contributed by atoms with Crippen LogP contribution in [0.3, 0.4) is 0 Å². The van der Waals surface area contributed by atoms with Gasteiger partial charge in [0.15, 0.2) is 11.3 Å². The number of rotatable bonds is 5. The molecular formula is C17H19ClN2O2. The third-order valence-electron chi connectivity index (χ3n) is 3.71. The smallest absolute Gasteiger partial charge is 0.289 e. The van der Waals surface area contributed by atoms with Gasteiger partial charge in [0.25, 0.3) is 5.91 Å². The van der Waals surface area contributed by atoms with Gasteiger partial charge in [-0.25, -0.2) is 0 Å². The van der Waals surface area contributed by atoms with Gasteiger partial charge in [0.2, 0.25) is 0 Å². The number of nitrogens with one attached hydrogen (secondary N) is 1. The van der Waals surface area contributed by atoms with Gasteiger partial charge in [0.1, 0.15) is 0 Å². The van der Waals surface area contributed by atoms with Crippen LogP contribution in [0, 0.1) is 0 Å². The van der Waals surface area contributed by atoms with E-state index in [2.05, 4.69) is 18.8 Å². The minimum absolute atomic E-state index is 0.0459. The average Bonchev–Trinajstić information content (AvgIpc) is 3.03. The number of aromatic nitrogens is 1. The number of hydrogen-bond donors (Lipinski definition) is 1. The highest BCUT2D eigenvalue weighted by atomic mass is 35.5. The van der Waals surface area contributed by atoms with Crippen molar-refractivity contribution in [3.05, 3.63) is 35.0 Å². The summed E-state index contributed by atoms with van der Waals surface area (Å²) in [5, 5.41) is 1.61. The van der Waals surface area contributed by atoms with Crippen molar-refractivity contribution in [1.29, 1.82) is 0 Å². The van der Waals surface area contributed by atoms with Crippen molar-refractivity contribution >= 4 is 39.5 Å². The van der Waals surface area contributed by atoms with Crippen molar-refractivity contribution in [2.45, 2.75) is 26.7 Å². The molecule has 0 saturated carbocycles. The van der Waals surface area contributed by atoms with Crippen LogP contribution in [0.15, 0.2) is 28.7 Å². The van der Waals surface area contributed by atoms with Crippen molar-refractivity contribution in [2.24, 2.45) is 0 Å². The van der Waals surface area contributed by atoms with Crippen molar-refractivity contribution in [2.75, 3.05) is 13.1 Å². The molecule has 3 aromatic rings. The quantitative estimate of drug-likeness (QED) is 0.732. The lowest BCUT2D eigenvalue weighted by atomic mass is 10.2. The topological polar surface area (TPSA) is 49.2 Å². The molecule has 0 aliphatic rings. The molecule has 0 saturated heterocycles. The highest BCUT2D eigenvalue weighted by Gasteiger charge is 2.20. The standard InChI is InChI=1S/C17H19ClN2O2/c1-3-7-20(8-4-2)17(21)15-10-14-16(22-15)12-6-5-11(18)9-13(12)19-14/h5-6,9-10,19H,3-4,7-8H2,1-2H3. The third kappa shape index (κ3) is 2.59. The van der Waals surface area contributed by atoms with Crippen LogP contribution in [-0.4, -0.2) is 28.9 Å². The summed E-state index contributed by atoms with van der Waals surface area (Å²) < 4.78 is 5.83. The lowest BCUT2D eigenvalue weighted by Crippen LogP contribution is -2.32. The first-order valence-electron chi connectivity index (χ1n) is 7.64. The highest BCUT2D eigenvalue weighted by Crippen LogP contribution is 2.30. The second-order valence-electron chi connectivity index (χ2n) is 5.46. The lowest BCUT2D eigenvalue weighted by Gasteiger charge is -2.19. The summed E-state index contributed by atoms with van der Waals surface area (Å²) in [7, 11) is 0. The zero-order chi connectivity index (χ0) is 15.7. The van der Waals surface area contributed by atoms with E-state index < -0.39 is 0 Å². The summed E-state index contributed by atoms with van der Waals surface area (Å²) in [6, 6.07) is 7.37. The fourth-order valence-corrected chi connectivity index (χ4v) is 2.93. The molecule has 0 radical (unpaired) electrons. The number of amides is 1. The van der Waals surface area contributed by atoms with Gasteiger partial charge in [0.05, 0.1) is 11.0 Å². The van der Waals surface area contributed by atoms with Crippen LogP contribution >= 0.6 is 11.6 Å². The molecule has 0 aliphatic carbocycles. The molecule has 22 heavy (non-hydrogen) atoms. The molecule has 0 unspecified atom stereocenters. The summed E-state index contributed by atoms with van der Waals surface area (Å²) in [4.78, 5) is 17.7. The first kappa shape index (κ1) is 15.0. The normalized spacial score (nSPS) is 11.4. The number of hydrogen-bond acceptors (Lipinski definition) is 2. The van der Waals surface area contributed by atoms with E-state index in [1.807, 2.05) is 23.1 Å². The van der Waals surface area contributed by atoms with Gasteiger partial charge >= 0.3 is 0 Å². The van der Waals surface area contributed by atoms with Crippen molar-refractivity contribution < 1.29 is 9.21 Å². The predicted molar refractivity (Wildman–Crippen MR) is 89.6 cm³/mol. The van der Waals surface area contributed by atoms with E-state index in [0.29, 0.717) is 16.4 Å². The van der Waals surface area contributed by atoms with Gasteiger partial charge in [0, 0.05) is 29.6 Å². The number of H-pyrrole nitrogens is 1. The van der Waals surface area contributed by atoms with Crippen LogP contribution in [0.1, 0.15) is 37.2 Å². The molecule has 2 heterocycles. The Labute approximate surface area is 134 Å². The third-order valence-corrected chi connectivity index (χ3v) is 3.95. The molecule has 2 aromatic heterocycles. The minimum Gasteiger partial charge on any atom is -0.449 e. The second-order valence-corrected chi connectivity index (χ2v) is 5.90. The number of halogens is 1. The van der Waals surface area contributed by atoms with Crippen LogP contribution in [-0.2, 0) is 0 Å². The first-order chi connectivity index (χ1) is 10.6. The van der Waals surface area contributed by atoms with Gasteiger partial charge in [-0.1, -0.05) is 25.4 Å². The Kier molecular flexibility index (Phi) is 4.12. The molecule has 0 atom stereocenters. The molecule has 116 valence electrons. The van der Waals surface area contributed by atoms with Gasteiger partial charge in [-0.2, -0.15) is 0 Å². The van der Waals surface area contributed by atoms with Gasteiger partial charge in [-0.3, -0.25) is 4.79 Å². The number of nitrogens with zero attached hydrogens (tertiary/aromatic N) is 1. The predicted octanol–water partition coefficient (Wildman–Crippen LogP) is 4.83. The molecule has 3 rings (SSSR count). The van der Waals surface area contributed by atoms with Crippen LogP contribution < -0.4 is 0 Å². The fraction of sp³-hybridized carbons (Fsp3) is 0.353. The number of carbonyl (C=O) groups is 1. The second kappa shape index (κ2) is 6.05. The summed E-state index contributed by atoms with van der Waals surface area (Å²) in [5.74, 6) is 0.343. The number of benzene rings is 1. The van der Waals surface area contributed by atoms with Crippen molar-refractivity contribution in [1.82, 2.24) is 9.88 Å². The summed E-state index contributed by atoms with van der Waals surface area (Å²) in [5.41, 5.74) is 2.45. The lowest BCUT2D eigenvalue weighted by molar-refractivity contribution is 0.0726. The van der Waals surface area contributed by atoms with E-state index in [4.69, 9.17) is 16.0 Å². The molecule has 1 amide bonds. The van der Waals surface area contributed by atoms with Crippen molar-refractivity contribution in [3.63, 3.8) is 0 Å². The number of furan rings is 1. The number of fused-ring (bicyclic) bond motifs is 3. The monoisotopic (exact) mass is 318 g/mol. The van der Waals surface area contributed by atoms with Gasteiger partial charge < -0.3 is 14.3 Å². The molecule has 1 aromatic carbocycles. The van der Waals surface area contributed by atoms with Crippen LogP contribution in [0.4, 0.5) is 0 Å². The fourth-order valence-electron chi connectivity index (χ4n) is 2.76. The van der Waals surface area contributed by atoms with E-state index in [-0.39, 0.29) is 5.91 Å². The zero-order valence-corrected chi connectivity index (χ0v) is 13.5. The highest BCUT2D eigenvalue weighted by molar-refractivity contribution is 6.31. The SMILES string of the molecule is CCCN(CCC)C(=O)c1cc2[nH]c3cc(Cl)ccc3c2o1. The first-order valence-corrected chi connectivity index (χ1v) is 8.01. The molecule has 0 aliphatic heterocycles. The van der Waals surface area contributed by atoms with E-state index in [0.717, 1.165) is 42.4 Å². The summed E-state index contributed by atoms with van der Waals surface area (Å²) in [6.07, 6.45) is 1.87. The molecule has 5 heteroatoms. The van der Waals surface area contributed by atoms with Crippen LogP contribution in [0.2, 0.25) is 5.02 Å². The zero-order valence-electron chi connectivity index (χ0n) is 12.8. The molecule has 4 nitrogen and oxygen atoms in total. The van der Waals surface area contributed by atoms with Crippen LogP contribution in [0.25, 0.3) is 22.0 Å². The number of carbonyl (C=O) groups excluding carboxylic acids is 1. The maximum absolute atomic E-state index is 12.6. The Morgan fingerprint density at radius 3 is 2.59 bits per heavy atom. The Morgan fingerprint density at radius 2 is 1.91 bits per heavy atom. The van der Waals surface area contributed by atoms with E-state index in [9.17, 15) is 4.79 Å². The van der Waals surface area contributed by atoms with Crippen LogP contribution in [0.5, 0.6) is 0 Å². The molecular weight excluding hydrogens is 300 g/mol. The Hall–Kier alpha value is -1.94. The van der Waals surface area contributed by atoms with Gasteiger partial charge in [-0.15, -0.1) is 0 Å². The number of aromatic amines is 1. The van der Waals surface area contributed by atoms with Gasteiger partial charge in [-0.05, 0) is 31.0 Å². The molecule has 0 bridgehead atoms. The minimum atomic E-state index is -0.0459. The molecule has 0 spiro atoms. The molecule has 1 N–H and O–H groups in total. The summed E-state index contributed by atoms with van der Waals surface area (Å²) >= 11 is 5.99. The Bertz CT molecular complexity index is 813. The van der Waals surface area contributed by atoms with E-state index in [1.54, 1.807) is 6.07 Å². The maximum Gasteiger partial charge on any atom is 0.289 e. The Balaban J connectivity index is 1.99. The average molecular weight is 319 g/mol. The molecule has 0 fully saturated rings. The maximum atomic E-state index is 12.6.